The summed E-state index contributed by atoms with van der Waals surface area (Å²) in [5.41, 5.74) is 0.955. The van der Waals surface area contributed by atoms with Gasteiger partial charge in [-0.1, -0.05) is 11.6 Å². The van der Waals surface area contributed by atoms with Crippen LogP contribution >= 0.6 is 11.6 Å². The summed E-state index contributed by atoms with van der Waals surface area (Å²) >= 11 is 5.73. The zero-order valence-electron chi connectivity index (χ0n) is 14.2. The first-order valence-corrected chi connectivity index (χ1v) is 9.99. The Labute approximate surface area is 164 Å². The molecule has 0 spiro atoms. The number of β-amino-alcohol motifs (C(OH)–C–C–N with tert-alkyl or cyclic N) is 1. The number of amides is 1. The average molecular weight is 425 g/mol. The minimum Gasteiger partial charge on any atom is -0.390 e. The third-order valence-corrected chi connectivity index (χ3v) is 6.49. The van der Waals surface area contributed by atoms with Crippen LogP contribution in [-0.2, 0) is 10.0 Å². The Morgan fingerprint density at radius 1 is 1.32 bits per heavy atom. The molecule has 2 aromatic carbocycles. The van der Waals surface area contributed by atoms with Crippen LogP contribution in [-0.4, -0.2) is 52.9 Å². The lowest BCUT2D eigenvalue weighted by Gasteiger charge is -2.34. The van der Waals surface area contributed by atoms with Crippen molar-refractivity contribution in [3.8, 4) is 0 Å². The lowest BCUT2D eigenvalue weighted by atomic mass is 10.1. The van der Waals surface area contributed by atoms with Crippen LogP contribution in [0.25, 0.3) is 11.0 Å². The lowest BCUT2D eigenvalue weighted by molar-refractivity contribution is 0.0548. The number of carbonyl (C=O) groups is 1. The molecule has 3 aromatic rings. The average Bonchev–Trinajstić information content (AvgIpc) is 3.09. The quantitative estimate of drug-likeness (QED) is 0.592. The number of H-pyrrole nitrogens is 1. The van der Waals surface area contributed by atoms with Gasteiger partial charge in [-0.25, -0.2) is 17.8 Å². The Morgan fingerprint density at radius 2 is 2.07 bits per heavy atom. The molecule has 11 heteroatoms. The van der Waals surface area contributed by atoms with E-state index in [9.17, 15) is 22.7 Å². The number of benzene rings is 2. The smallest absolute Gasteiger partial charge is 0.257 e. The van der Waals surface area contributed by atoms with Gasteiger partial charge in [0.1, 0.15) is 5.82 Å². The van der Waals surface area contributed by atoms with E-state index >= 15 is 0 Å². The van der Waals surface area contributed by atoms with Gasteiger partial charge in [0.05, 0.1) is 38.9 Å². The maximum Gasteiger partial charge on any atom is 0.257 e. The van der Waals surface area contributed by atoms with E-state index in [1.807, 2.05) is 0 Å². The molecule has 2 heterocycles. The monoisotopic (exact) mass is 424 g/mol. The number of hydrogen-bond acceptors (Lipinski definition) is 5. The minimum absolute atomic E-state index is 0.00343. The van der Waals surface area contributed by atoms with E-state index in [4.69, 9.17) is 11.6 Å². The predicted molar refractivity (Wildman–Crippen MR) is 100 cm³/mol. The van der Waals surface area contributed by atoms with Crippen molar-refractivity contribution in [2.24, 2.45) is 0 Å². The number of rotatable bonds is 4. The molecule has 28 heavy (non-hydrogen) atoms. The molecule has 0 unspecified atom stereocenters. The molecule has 1 amide bonds. The SMILES string of the molecule is O=C(Nc1ccc(F)c(Cl)c1)c1cc(S(=O)(=O)N2CC(O)C2)cc2nc[nH]c12. The maximum absolute atomic E-state index is 13.3. The van der Waals surface area contributed by atoms with E-state index in [-0.39, 0.29) is 34.3 Å². The van der Waals surface area contributed by atoms with Crippen LogP contribution < -0.4 is 5.32 Å². The molecule has 0 radical (unpaired) electrons. The molecular formula is C17H14ClFN4O4S. The summed E-state index contributed by atoms with van der Waals surface area (Å²) in [5, 5.41) is 11.8. The molecule has 0 bridgehead atoms. The van der Waals surface area contributed by atoms with Crippen LogP contribution in [0.4, 0.5) is 10.1 Å². The number of aromatic amines is 1. The molecule has 0 saturated carbocycles. The standard InChI is InChI=1S/C17H14ClFN4O4S/c18-13-3-9(1-2-14(13)19)22-17(25)12-4-11(5-15-16(12)21-8-20-15)28(26,27)23-6-10(24)7-23/h1-5,8,10,24H,6-7H2,(H,20,21)(H,22,25). The zero-order valence-corrected chi connectivity index (χ0v) is 15.8. The summed E-state index contributed by atoms with van der Waals surface area (Å²) < 4.78 is 39.9. The number of carbonyl (C=O) groups excluding carboxylic acids is 1. The Kier molecular flexibility index (Phi) is 4.58. The number of aliphatic hydroxyl groups excluding tert-OH is 1. The second-order valence-electron chi connectivity index (χ2n) is 6.33. The number of hydrogen-bond donors (Lipinski definition) is 3. The fraction of sp³-hybridized carbons (Fsp3) is 0.176. The van der Waals surface area contributed by atoms with Crippen molar-refractivity contribution in [3.05, 3.63) is 53.1 Å². The summed E-state index contributed by atoms with van der Waals surface area (Å²) in [4.78, 5) is 19.5. The molecule has 1 fully saturated rings. The number of nitrogens with one attached hydrogen (secondary N) is 2. The van der Waals surface area contributed by atoms with Crippen molar-refractivity contribution < 1.29 is 22.7 Å². The Hall–Kier alpha value is -2.53. The number of aliphatic hydroxyl groups is 1. The highest BCUT2D eigenvalue weighted by atomic mass is 35.5. The Bertz CT molecular complexity index is 1190. The second kappa shape index (κ2) is 6.82. The van der Waals surface area contributed by atoms with Gasteiger partial charge in [-0.3, -0.25) is 4.79 Å². The largest absolute Gasteiger partial charge is 0.390 e. The first kappa shape index (κ1) is 18.8. The van der Waals surface area contributed by atoms with Gasteiger partial charge in [-0.15, -0.1) is 0 Å². The summed E-state index contributed by atoms with van der Waals surface area (Å²) in [5.74, 6) is -1.24. The highest BCUT2D eigenvalue weighted by Gasteiger charge is 2.36. The second-order valence-corrected chi connectivity index (χ2v) is 8.67. The number of halogens is 2. The van der Waals surface area contributed by atoms with Crippen LogP contribution in [0.5, 0.6) is 0 Å². The van der Waals surface area contributed by atoms with E-state index in [0.29, 0.717) is 11.0 Å². The lowest BCUT2D eigenvalue weighted by Crippen LogP contribution is -2.53. The normalized spacial score (nSPS) is 15.5. The van der Waals surface area contributed by atoms with Gasteiger partial charge in [0, 0.05) is 18.8 Å². The topological polar surface area (TPSA) is 115 Å². The van der Waals surface area contributed by atoms with Gasteiger partial charge in [0.15, 0.2) is 0 Å². The van der Waals surface area contributed by atoms with Crippen LogP contribution in [0.3, 0.4) is 0 Å². The number of aromatic nitrogens is 2. The first-order chi connectivity index (χ1) is 13.3. The number of anilines is 1. The molecule has 146 valence electrons. The third kappa shape index (κ3) is 3.24. The molecule has 1 aliphatic heterocycles. The Balaban J connectivity index is 1.72. The third-order valence-electron chi connectivity index (χ3n) is 4.39. The van der Waals surface area contributed by atoms with Crippen molar-refractivity contribution in [2.45, 2.75) is 11.0 Å². The van der Waals surface area contributed by atoms with Crippen molar-refractivity contribution in [1.29, 1.82) is 0 Å². The van der Waals surface area contributed by atoms with Crippen molar-refractivity contribution >= 4 is 44.3 Å². The van der Waals surface area contributed by atoms with Gasteiger partial charge in [0.25, 0.3) is 5.91 Å². The van der Waals surface area contributed by atoms with Crippen molar-refractivity contribution in [1.82, 2.24) is 14.3 Å². The number of imidazole rings is 1. The number of fused-ring (bicyclic) bond motifs is 1. The molecule has 1 aliphatic rings. The van der Waals surface area contributed by atoms with Crippen LogP contribution in [0.2, 0.25) is 5.02 Å². The van der Waals surface area contributed by atoms with Gasteiger partial charge < -0.3 is 15.4 Å². The highest BCUT2D eigenvalue weighted by Crippen LogP contribution is 2.27. The maximum atomic E-state index is 13.3. The summed E-state index contributed by atoms with van der Waals surface area (Å²) in [6, 6.07) is 6.30. The molecule has 1 aromatic heterocycles. The van der Waals surface area contributed by atoms with E-state index in [1.54, 1.807) is 0 Å². The molecular weight excluding hydrogens is 411 g/mol. The van der Waals surface area contributed by atoms with E-state index in [2.05, 4.69) is 15.3 Å². The molecule has 8 nitrogen and oxygen atoms in total. The minimum atomic E-state index is -3.88. The van der Waals surface area contributed by atoms with Gasteiger partial charge >= 0.3 is 0 Å². The number of nitrogens with zero attached hydrogens (tertiary/aromatic N) is 2. The van der Waals surface area contributed by atoms with E-state index in [1.165, 1.54) is 30.6 Å². The highest BCUT2D eigenvalue weighted by molar-refractivity contribution is 7.89. The van der Waals surface area contributed by atoms with Crippen LogP contribution in [0, 0.1) is 5.82 Å². The first-order valence-electron chi connectivity index (χ1n) is 8.17. The molecule has 0 atom stereocenters. The molecule has 3 N–H and O–H groups in total. The summed E-state index contributed by atoms with van der Waals surface area (Å²) in [6.07, 6.45) is 0.648. The van der Waals surface area contributed by atoms with Gasteiger partial charge in [-0.2, -0.15) is 4.31 Å². The van der Waals surface area contributed by atoms with Gasteiger partial charge in [0.2, 0.25) is 10.0 Å². The van der Waals surface area contributed by atoms with Crippen molar-refractivity contribution in [2.75, 3.05) is 18.4 Å². The zero-order chi connectivity index (χ0) is 20.1. The fourth-order valence-electron chi connectivity index (χ4n) is 2.88. The summed E-state index contributed by atoms with van der Waals surface area (Å²) in [7, 11) is -3.88. The van der Waals surface area contributed by atoms with Crippen molar-refractivity contribution in [3.63, 3.8) is 0 Å². The predicted octanol–water partition coefficient (Wildman–Crippen LogP) is 1.97. The molecule has 4 rings (SSSR count). The van der Waals surface area contributed by atoms with Crippen LogP contribution in [0.15, 0.2) is 41.6 Å². The Morgan fingerprint density at radius 3 is 2.75 bits per heavy atom. The van der Waals surface area contributed by atoms with Gasteiger partial charge in [-0.05, 0) is 30.3 Å². The van der Waals surface area contributed by atoms with Crippen LogP contribution in [0.1, 0.15) is 10.4 Å². The fourth-order valence-corrected chi connectivity index (χ4v) is 4.63. The number of sulfonamides is 1. The molecule has 1 saturated heterocycles. The summed E-state index contributed by atoms with van der Waals surface area (Å²) in [6.45, 7) is -0.00686. The van der Waals surface area contributed by atoms with E-state index in [0.717, 1.165) is 10.4 Å². The van der Waals surface area contributed by atoms with E-state index < -0.39 is 27.9 Å². The molecule has 0 aliphatic carbocycles.